The molecule has 1 aromatic rings. The predicted molar refractivity (Wildman–Crippen MR) is 70.8 cm³/mol. The third-order valence-electron chi connectivity index (χ3n) is 3.66. The summed E-state index contributed by atoms with van der Waals surface area (Å²) in [6.45, 7) is 7.62. The minimum absolute atomic E-state index is 0.0459. The second kappa shape index (κ2) is 6.38. The molecule has 2 N–H and O–H groups in total. The molecule has 0 aromatic carbocycles. The molecule has 0 radical (unpaired) electrons. The fourth-order valence-corrected chi connectivity index (χ4v) is 2.54. The molecule has 0 aliphatic heterocycles. The van der Waals surface area contributed by atoms with Crippen LogP contribution >= 0.6 is 11.3 Å². The molecule has 0 aliphatic carbocycles. The maximum Gasteiger partial charge on any atom is 0.0499 e. The molecule has 0 aliphatic rings. The minimum Gasteiger partial charge on any atom is -0.396 e. The van der Waals surface area contributed by atoms with E-state index in [2.05, 4.69) is 42.9 Å². The van der Waals surface area contributed by atoms with Gasteiger partial charge in [0.05, 0.1) is 0 Å². The second-order valence-corrected chi connectivity index (χ2v) is 5.30. The lowest BCUT2D eigenvalue weighted by molar-refractivity contribution is 0.110. The van der Waals surface area contributed by atoms with Crippen LogP contribution < -0.4 is 5.32 Å². The van der Waals surface area contributed by atoms with Crippen molar-refractivity contribution in [3.63, 3.8) is 0 Å². The molecule has 1 unspecified atom stereocenters. The van der Waals surface area contributed by atoms with Crippen molar-refractivity contribution in [3.8, 4) is 0 Å². The summed E-state index contributed by atoms with van der Waals surface area (Å²) in [5.74, 6) is 0. The molecule has 2 nitrogen and oxygen atoms in total. The highest BCUT2D eigenvalue weighted by Gasteiger charge is 2.25. The summed E-state index contributed by atoms with van der Waals surface area (Å²) < 4.78 is 0. The van der Waals surface area contributed by atoms with Gasteiger partial charge in [-0.25, -0.2) is 0 Å². The normalized spacial score (nSPS) is 14.0. The highest BCUT2D eigenvalue weighted by atomic mass is 32.1. The molecule has 16 heavy (non-hydrogen) atoms. The first-order valence-electron chi connectivity index (χ1n) is 6.03. The summed E-state index contributed by atoms with van der Waals surface area (Å²) in [4.78, 5) is 0. The Labute approximate surface area is 103 Å². The van der Waals surface area contributed by atoms with Crippen LogP contribution in [0, 0.1) is 5.41 Å². The lowest BCUT2D eigenvalue weighted by atomic mass is 9.83. The van der Waals surface area contributed by atoms with Gasteiger partial charge in [-0.3, -0.25) is 0 Å². The van der Waals surface area contributed by atoms with E-state index in [-0.39, 0.29) is 12.0 Å². The van der Waals surface area contributed by atoms with E-state index in [9.17, 15) is 5.11 Å². The Kier molecular flexibility index (Phi) is 5.46. The third-order valence-corrected chi connectivity index (χ3v) is 4.36. The van der Waals surface area contributed by atoms with Gasteiger partial charge in [0.25, 0.3) is 0 Å². The Balaban J connectivity index is 2.49. The van der Waals surface area contributed by atoms with Crippen LogP contribution in [0.5, 0.6) is 0 Å². The number of hydrogen-bond donors (Lipinski definition) is 2. The number of hydrogen-bond acceptors (Lipinski definition) is 3. The van der Waals surface area contributed by atoms with E-state index in [4.69, 9.17) is 0 Å². The van der Waals surface area contributed by atoms with Crippen LogP contribution in [-0.2, 0) is 0 Å². The Hall–Kier alpha value is -0.380. The predicted octanol–water partition coefficient (Wildman–Crippen LogP) is 3.20. The molecule has 0 bridgehead atoms. The molecule has 1 rings (SSSR count). The standard InChI is InChI=1S/C13H23NOS/c1-4-13(5-2,10-15)9-14-11(3)12-6-7-16-8-12/h6-8,11,14-15H,4-5,9-10H2,1-3H3. The molecule has 0 amide bonds. The largest absolute Gasteiger partial charge is 0.396 e. The summed E-state index contributed by atoms with van der Waals surface area (Å²) in [5, 5.41) is 17.3. The minimum atomic E-state index is 0.0459. The van der Waals surface area contributed by atoms with Crippen molar-refractivity contribution < 1.29 is 5.11 Å². The Morgan fingerprint density at radius 2 is 2.12 bits per heavy atom. The quantitative estimate of drug-likeness (QED) is 0.768. The fraction of sp³-hybridized carbons (Fsp3) is 0.692. The highest BCUT2D eigenvalue weighted by Crippen LogP contribution is 2.26. The summed E-state index contributed by atoms with van der Waals surface area (Å²) in [6, 6.07) is 2.52. The van der Waals surface area contributed by atoms with Gasteiger partial charge in [-0.2, -0.15) is 11.3 Å². The molecule has 1 heterocycles. The Morgan fingerprint density at radius 3 is 2.56 bits per heavy atom. The van der Waals surface area contributed by atoms with Crippen LogP contribution in [0.3, 0.4) is 0 Å². The van der Waals surface area contributed by atoms with Crippen LogP contribution in [-0.4, -0.2) is 18.3 Å². The SMILES string of the molecule is CCC(CC)(CO)CNC(C)c1ccsc1. The van der Waals surface area contributed by atoms with E-state index < -0.39 is 0 Å². The number of thiophene rings is 1. The van der Waals surface area contributed by atoms with Crippen molar-refractivity contribution in [1.29, 1.82) is 0 Å². The zero-order valence-corrected chi connectivity index (χ0v) is 11.3. The van der Waals surface area contributed by atoms with Crippen LogP contribution in [0.2, 0.25) is 0 Å². The first kappa shape index (κ1) is 13.7. The van der Waals surface area contributed by atoms with Crippen molar-refractivity contribution in [2.24, 2.45) is 5.41 Å². The molecule has 92 valence electrons. The monoisotopic (exact) mass is 241 g/mol. The Morgan fingerprint density at radius 1 is 1.44 bits per heavy atom. The Bertz CT molecular complexity index is 272. The number of aliphatic hydroxyl groups is 1. The van der Waals surface area contributed by atoms with E-state index >= 15 is 0 Å². The first-order valence-corrected chi connectivity index (χ1v) is 6.98. The van der Waals surface area contributed by atoms with Crippen LogP contribution in [0.4, 0.5) is 0 Å². The van der Waals surface area contributed by atoms with E-state index in [0.29, 0.717) is 6.04 Å². The maximum atomic E-state index is 9.48. The average molecular weight is 241 g/mol. The summed E-state index contributed by atoms with van der Waals surface area (Å²) in [5.41, 5.74) is 1.38. The van der Waals surface area contributed by atoms with Crippen molar-refractivity contribution in [2.45, 2.75) is 39.7 Å². The molecule has 0 spiro atoms. The van der Waals surface area contributed by atoms with E-state index in [1.54, 1.807) is 11.3 Å². The third kappa shape index (κ3) is 3.30. The van der Waals surface area contributed by atoms with E-state index in [0.717, 1.165) is 19.4 Å². The van der Waals surface area contributed by atoms with Crippen molar-refractivity contribution in [2.75, 3.05) is 13.2 Å². The smallest absolute Gasteiger partial charge is 0.0499 e. The number of rotatable bonds is 7. The summed E-state index contributed by atoms with van der Waals surface area (Å²) >= 11 is 1.73. The van der Waals surface area contributed by atoms with Crippen LogP contribution in [0.15, 0.2) is 16.8 Å². The summed E-state index contributed by atoms with van der Waals surface area (Å²) in [6.07, 6.45) is 2.03. The lowest BCUT2D eigenvalue weighted by Crippen LogP contribution is -2.37. The fourth-order valence-electron chi connectivity index (χ4n) is 1.79. The molecule has 3 heteroatoms. The van der Waals surface area contributed by atoms with Gasteiger partial charge in [-0.05, 0) is 42.2 Å². The molecule has 1 aromatic heterocycles. The highest BCUT2D eigenvalue weighted by molar-refractivity contribution is 7.07. The van der Waals surface area contributed by atoms with Crippen molar-refractivity contribution in [3.05, 3.63) is 22.4 Å². The van der Waals surface area contributed by atoms with Gasteiger partial charge in [0, 0.05) is 24.6 Å². The topological polar surface area (TPSA) is 32.3 Å². The van der Waals surface area contributed by atoms with E-state index in [1.165, 1.54) is 5.56 Å². The van der Waals surface area contributed by atoms with Crippen molar-refractivity contribution in [1.82, 2.24) is 5.32 Å². The molecule has 0 fully saturated rings. The molecule has 1 atom stereocenters. The maximum absolute atomic E-state index is 9.48. The van der Waals surface area contributed by atoms with Gasteiger partial charge in [0.15, 0.2) is 0 Å². The van der Waals surface area contributed by atoms with E-state index in [1.807, 2.05) is 0 Å². The van der Waals surface area contributed by atoms with Crippen LogP contribution in [0.25, 0.3) is 0 Å². The van der Waals surface area contributed by atoms with Crippen molar-refractivity contribution >= 4 is 11.3 Å². The van der Waals surface area contributed by atoms with Gasteiger partial charge in [0.2, 0.25) is 0 Å². The molecule has 0 saturated carbocycles. The first-order chi connectivity index (χ1) is 7.67. The van der Waals surface area contributed by atoms with Crippen LogP contribution in [0.1, 0.15) is 45.2 Å². The number of nitrogens with one attached hydrogen (secondary N) is 1. The number of aliphatic hydroxyl groups excluding tert-OH is 1. The molecular formula is C13H23NOS. The summed E-state index contributed by atoms with van der Waals surface area (Å²) in [7, 11) is 0. The second-order valence-electron chi connectivity index (χ2n) is 4.52. The van der Waals surface area contributed by atoms with Gasteiger partial charge in [0.1, 0.15) is 0 Å². The van der Waals surface area contributed by atoms with Gasteiger partial charge >= 0.3 is 0 Å². The zero-order chi connectivity index (χ0) is 12.0. The van der Waals surface area contributed by atoms with Gasteiger partial charge in [-0.1, -0.05) is 13.8 Å². The lowest BCUT2D eigenvalue weighted by Gasteiger charge is -2.31. The molecule has 0 saturated heterocycles. The molecular weight excluding hydrogens is 218 g/mol. The zero-order valence-electron chi connectivity index (χ0n) is 10.5. The average Bonchev–Trinajstić information content (AvgIpc) is 2.85. The van der Waals surface area contributed by atoms with Gasteiger partial charge < -0.3 is 10.4 Å². The van der Waals surface area contributed by atoms with Gasteiger partial charge in [-0.15, -0.1) is 0 Å².